The smallest absolute Gasteiger partial charge is 0.0809 e. The van der Waals surface area contributed by atoms with Crippen molar-refractivity contribution in [3.63, 3.8) is 0 Å². The highest BCUT2D eigenvalue weighted by Crippen LogP contribution is 2.23. The van der Waals surface area contributed by atoms with E-state index in [1.165, 1.54) is 18.4 Å². The highest BCUT2D eigenvalue weighted by molar-refractivity contribution is 9.10. The monoisotopic (exact) mass is 306 g/mol. The van der Waals surface area contributed by atoms with Gasteiger partial charge in [-0.1, -0.05) is 11.3 Å². The molecule has 1 aromatic heterocycles. The highest BCUT2D eigenvalue weighted by Gasteiger charge is 2.21. The molecule has 0 spiro atoms. The fourth-order valence-electron chi connectivity index (χ4n) is 1.90. The molecule has 0 amide bonds. The van der Waals surface area contributed by atoms with Gasteiger partial charge in [0.1, 0.15) is 0 Å². The van der Waals surface area contributed by atoms with Crippen LogP contribution in [0.4, 0.5) is 0 Å². The first-order valence-electron chi connectivity index (χ1n) is 6.13. The van der Waals surface area contributed by atoms with Gasteiger partial charge >= 0.3 is 0 Å². The van der Waals surface area contributed by atoms with E-state index in [1.54, 1.807) is 0 Å². The van der Waals surface area contributed by atoms with Gasteiger partial charge in [0.05, 0.1) is 17.6 Å². The lowest BCUT2D eigenvalue weighted by Gasteiger charge is -2.09. The lowest BCUT2D eigenvalue weighted by molar-refractivity contribution is 0.646. The van der Waals surface area contributed by atoms with Crippen LogP contribution in [0.2, 0.25) is 0 Å². The second kappa shape index (κ2) is 4.82. The van der Waals surface area contributed by atoms with Gasteiger partial charge in [-0.25, -0.2) is 4.68 Å². The molecule has 18 heavy (non-hydrogen) atoms. The Kier molecular flexibility index (Phi) is 3.18. The molecule has 0 aliphatic heterocycles. The number of nitrogens with one attached hydrogen (secondary N) is 1. The second-order valence-electron chi connectivity index (χ2n) is 4.75. The van der Waals surface area contributed by atoms with Crippen molar-refractivity contribution in [3.05, 3.63) is 40.1 Å². The van der Waals surface area contributed by atoms with Crippen LogP contribution < -0.4 is 5.32 Å². The third-order valence-electron chi connectivity index (χ3n) is 3.10. The molecule has 1 aliphatic carbocycles. The lowest BCUT2D eigenvalue weighted by Crippen LogP contribution is -2.18. The molecule has 3 rings (SSSR count). The van der Waals surface area contributed by atoms with Crippen LogP contribution in [0.15, 0.2) is 28.9 Å². The summed E-state index contributed by atoms with van der Waals surface area (Å²) in [4.78, 5) is 0. The topological polar surface area (TPSA) is 42.7 Å². The molecular weight excluding hydrogens is 292 g/mol. The minimum absolute atomic E-state index is 0.690. The molecule has 1 aromatic carbocycles. The SMILES string of the molecule is Cc1ccc(-n2nncc2CNC2CC2)c(Br)c1. The van der Waals surface area contributed by atoms with Gasteiger partial charge in [0.25, 0.3) is 0 Å². The number of aryl methyl sites for hydroxylation is 1. The van der Waals surface area contributed by atoms with Gasteiger partial charge < -0.3 is 5.32 Å². The number of hydrogen-bond donors (Lipinski definition) is 1. The minimum Gasteiger partial charge on any atom is -0.308 e. The van der Waals surface area contributed by atoms with Crippen molar-refractivity contribution in [2.45, 2.75) is 32.4 Å². The zero-order valence-electron chi connectivity index (χ0n) is 10.2. The third-order valence-corrected chi connectivity index (χ3v) is 3.74. The standard InChI is InChI=1S/C13H15BrN4/c1-9-2-5-13(12(14)6-9)18-11(8-16-17-18)7-15-10-3-4-10/h2,5-6,8,10,15H,3-4,7H2,1H3. The van der Waals surface area contributed by atoms with Crippen LogP contribution in [-0.4, -0.2) is 21.0 Å². The Hall–Kier alpha value is -1.20. The number of hydrogen-bond acceptors (Lipinski definition) is 3. The van der Waals surface area contributed by atoms with Crippen LogP contribution in [0.25, 0.3) is 5.69 Å². The zero-order valence-corrected chi connectivity index (χ0v) is 11.8. The molecule has 0 atom stereocenters. The van der Waals surface area contributed by atoms with E-state index in [0.717, 1.165) is 22.4 Å². The molecule has 5 heteroatoms. The average molecular weight is 307 g/mol. The first kappa shape index (κ1) is 11.9. The van der Waals surface area contributed by atoms with Gasteiger partial charge in [-0.2, -0.15) is 0 Å². The Morgan fingerprint density at radius 1 is 1.44 bits per heavy atom. The summed E-state index contributed by atoms with van der Waals surface area (Å²) in [7, 11) is 0. The van der Waals surface area contributed by atoms with E-state index in [0.29, 0.717) is 6.04 Å². The molecule has 1 heterocycles. The Balaban J connectivity index is 1.88. The van der Waals surface area contributed by atoms with E-state index >= 15 is 0 Å². The normalized spacial score (nSPS) is 15.0. The van der Waals surface area contributed by atoms with Gasteiger partial charge in [-0.05, 0) is 53.4 Å². The maximum Gasteiger partial charge on any atom is 0.0809 e. The summed E-state index contributed by atoms with van der Waals surface area (Å²) < 4.78 is 2.93. The Morgan fingerprint density at radius 3 is 3.00 bits per heavy atom. The third kappa shape index (κ3) is 2.47. The van der Waals surface area contributed by atoms with Crippen molar-refractivity contribution in [2.75, 3.05) is 0 Å². The summed E-state index contributed by atoms with van der Waals surface area (Å²) in [5.74, 6) is 0. The fourth-order valence-corrected chi connectivity index (χ4v) is 2.56. The number of benzene rings is 1. The fraction of sp³-hybridized carbons (Fsp3) is 0.385. The summed E-state index contributed by atoms with van der Waals surface area (Å²) in [6, 6.07) is 6.93. The van der Waals surface area contributed by atoms with Crippen LogP contribution in [0.1, 0.15) is 24.1 Å². The van der Waals surface area contributed by atoms with E-state index in [-0.39, 0.29) is 0 Å². The van der Waals surface area contributed by atoms with Gasteiger partial charge in [0, 0.05) is 17.1 Å². The van der Waals surface area contributed by atoms with E-state index in [2.05, 4.69) is 56.7 Å². The summed E-state index contributed by atoms with van der Waals surface area (Å²) in [6.45, 7) is 2.89. The molecule has 0 saturated heterocycles. The van der Waals surface area contributed by atoms with Gasteiger partial charge in [0.2, 0.25) is 0 Å². The quantitative estimate of drug-likeness (QED) is 0.944. The molecule has 94 valence electrons. The predicted molar refractivity (Wildman–Crippen MR) is 73.7 cm³/mol. The van der Waals surface area contributed by atoms with Crippen LogP contribution in [-0.2, 0) is 6.54 Å². The first-order chi connectivity index (χ1) is 8.74. The first-order valence-corrected chi connectivity index (χ1v) is 6.93. The minimum atomic E-state index is 0.690. The molecular formula is C13H15BrN4. The van der Waals surface area contributed by atoms with Crippen LogP contribution in [0.3, 0.4) is 0 Å². The summed E-state index contributed by atoms with van der Waals surface area (Å²) in [5.41, 5.74) is 3.35. The number of halogens is 1. The number of nitrogens with zero attached hydrogens (tertiary/aromatic N) is 3. The van der Waals surface area contributed by atoms with Crippen LogP contribution >= 0.6 is 15.9 Å². The molecule has 1 fully saturated rings. The molecule has 0 bridgehead atoms. The van der Waals surface area contributed by atoms with Crippen molar-refractivity contribution in [3.8, 4) is 5.69 Å². The second-order valence-corrected chi connectivity index (χ2v) is 5.60. The lowest BCUT2D eigenvalue weighted by atomic mass is 10.2. The maximum absolute atomic E-state index is 4.17. The molecule has 1 aliphatic rings. The largest absolute Gasteiger partial charge is 0.308 e. The number of rotatable bonds is 4. The number of aromatic nitrogens is 3. The molecule has 0 unspecified atom stereocenters. The van der Waals surface area contributed by atoms with Crippen molar-refractivity contribution < 1.29 is 0 Å². The maximum atomic E-state index is 4.17. The van der Waals surface area contributed by atoms with Crippen LogP contribution in [0, 0.1) is 6.92 Å². The summed E-state index contributed by atoms with van der Waals surface area (Å²) in [5, 5.41) is 11.7. The van der Waals surface area contributed by atoms with E-state index in [1.807, 2.05) is 10.9 Å². The van der Waals surface area contributed by atoms with Crippen LogP contribution in [0.5, 0.6) is 0 Å². The highest BCUT2D eigenvalue weighted by atomic mass is 79.9. The van der Waals surface area contributed by atoms with Crippen molar-refractivity contribution in [2.24, 2.45) is 0 Å². The summed E-state index contributed by atoms with van der Waals surface area (Å²) >= 11 is 3.59. The molecule has 4 nitrogen and oxygen atoms in total. The Morgan fingerprint density at radius 2 is 2.28 bits per heavy atom. The average Bonchev–Trinajstić information content (AvgIpc) is 3.06. The van der Waals surface area contributed by atoms with Gasteiger partial charge in [0.15, 0.2) is 0 Å². The van der Waals surface area contributed by atoms with Gasteiger partial charge in [-0.3, -0.25) is 0 Å². The van der Waals surface area contributed by atoms with E-state index in [9.17, 15) is 0 Å². The van der Waals surface area contributed by atoms with Gasteiger partial charge in [-0.15, -0.1) is 5.10 Å². The van der Waals surface area contributed by atoms with Crippen molar-refractivity contribution >= 4 is 15.9 Å². The molecule has 0 radical (unpaired) electrons. The van der Waals surface area contributed by atoms with Crippen molar-refractivity contribution in [1.29, 1.82) is 0 Å². The van der Waals surface area contributed by atoms with E-state index < -0.39 is 0 Å². The predicted octanol–water partition coefficient (Wildman–Crippen LogP) is 2.59. The van der Waals surface area contributed by atoms with Crippen molar-refractivity contribution in [1.82, 2.24) is 20.3 Å². The molecule has 1 saturated carbocycles. The molecule has 2 aromatic rings. The molecule has 1 N–H and O–H groups in total. The Bertz CT molecular complexity index is 560. The van der Waals surface area contributed by atoms with E-state index in [4.69, 9.17) is 0 Å². The summed E-state index contributed by atoms with van der Waals surface area (Å²) in [6.07, 6.45) is 4.40. The Labute approximate surface area is 115 Å². The zero-order chi connectivity index (χ0) is 12.5.